The summed E-state index contributed by atoms with van der Waals surface area (Å²) in [6.07, 6.45) is 4.42. The second kappa shape index (κ2) is 8.92. The Bertz CT molecular complexity index is 421. The molecule has 0 aliphatic carbocycles. The molecular weight excluding hydrogens is 274 g/mol. The van der Waals surface area contributed by atoms with Crippen LogP contribution in [0.2, 0.25) is 0 Å². The molecule has 0 aliphatic heterocycles. The number of nitrogens with zero attached hydrogens (tertiary/aromatic N) is 1. The Morgan fingerprint density at radius 3 is 2.80 bits per heavy atom. The molecule has 2 amide bonds. The van der Waals surface area contributed by atoms with Crippen LogP contribution in [0.4, 0.5) is 9.93 Å². The van der Waals surface area contributed by atoms with Crippen LogP contribution >= 0.6 is 11.3 Å². The van der Waals surface area contributed by atoms with Crippen molar-refractivity contribution >= 4 is 22.5 Å². The van der Waals surface area contributed by atoms with E-state index in [1.807, 2.05) is 6.92 Å². The van der Waals surface area contributed by atoms with E-state index in [0.29, 0.717) is 11.6 Å². The first-order valence-electron chi connectivity index (χ1n) is 7.27. The largest absolute Gasteiger partial charge is 0.396 e. The number of urea groups is 1. The summed E-state index contributed by atoms with van der Waals surface area (Å²) in [7, 11) is 0. The fourth-order valence-electron chi connectivity index (χ4n) is 1.97. The van der Waals surface area contributed by atoms with E-state index < -0.39 is 0 Å². The van der Waals surface area contributed by atoms with Crippen molar-refractivity contribution in [2.24, 2.45) is 0 Å². The third-order valence-corrected chi connectivity index (χ3v) is 4.14. The van der Waals surface area contributed by atoms with Crippen LogP contribution in [0.25, 0.3) is 0 Å². The Balaban J connectivity index is 2.53. The van der Waals surface area contributed by atoms with E-state index in [9.17, 15) is 4.79 Å². The lowest BCUT2D eigenvalue weighted by molar-refractivity contribution is 0.245. The maximum atomic E-state index is 11.8. The normalized spacial score (nSPS) is 12.2. The van der Waals surface area contributed by atoms with Gasteiger partial charge in [-0.2, -0.15) is 0 Å². The monoisotopic (exact) mass is 299 g/mol. The third kappa shape index (κ3) is 5.46. The number of aliphatic hydroxyl groups excluding tert-OH is 1. The summed E-state index contributed by atoms with van der Waals surface area (Å²) >= 11 is 1.55. The topological polar surface area (TPSA) is 74.2 Å². The van der Waals surface area contributed by atoms with Crippen molar-refractivity contribution in [3.8, 4) is 0 Å². The molecule has 114 valence electrons. The predicted octanol–water partition coefficient (Wildman–Crippen LogP) is 2.94. The molecule has 3 N–H and O–H groups in total. The van der Waals surface area contributed by atoms with Crippen molar-refractivity contribution in [3.63, 3.8) is 0 Å². The Morgan fingerprint density at radius 2 is 2.20 bits per heavy atom. The van der Waals surface area contributed by atoms with Gasteiger partial charge in [0.25, 0.3) is 0 Å². The van der Waals surface area contributed by atoms with Crippen molar-refractivity contribution in [1.29, 1.82) is 0 Å². The molecule has 0 bridgehead atoms. The van der Waals surface area contributed by atoms with Crippen molar-refractivity contribution < 1.29 is 9.90 Å². The number of aliphatic hydroxyl groups is 1. The molecular formula is C14H25N3O2S. The molecule has 1 rings (SSSR count). The van der Waals surface area contributed by atoms with Crippen LogP contribution in [0, 0.1) is 0 Å². The number of anilines is 1. The Kier molecular flexibility index (Phi) is 7.54. The molecule has 0 aliphatic rings. The molecule has 0 spiro atoms. The van der Waals surface area contributed by atoms with Crippen LogP contribution in [0.15, 0.2) is 0 Å². The summed E-state index contributed by atoms with van der Waals surface area (Å²) < 4.78 is 0. The Labute approximate surface area is 124 Å². The first kappa shape index (κ1) is 16.9. The molecule has 1 unspecified atom stereocenters. The maximum absolute atomic E-state index is 11.8. The maximum Gasteiger partial charge on any atom is 0.321 e. The van der Waals surface area contributed by atoms with E-state index >= 15 is 0 Å². The van der Waals surface area contributed by atoms with Gasteiger partial charge in [0.05, 0.1) is 5.69 Å². The molecule has 0 saturated heterocycles. The highest BCUT2D eigenvalue weighted by Gasteiger charge is 2.12. The second-order valence-corrected chi connectivity index (χ2v) is 5.94. The van der Waals surface area contributed by atoms with Crippen molar-refractivity contribution in [2.45, 2.75) is 58.9 Å². The van der Waals surface area contributed by atoms with Crippen molar-refractivity contribution in [1.82, 2.24) is 10.3 Å². The van der Waals surface area contributed by atoms with Gasteiger partial charge in [-0.25, -0.2) is 9.78 Å². The summed E-state index contributed by atoms with van der Waals surface area (Å²) in [6, 6.07) is -0.183. The van der Waals surface area contributed by atoms with Gasteiger partial charge in [0.15, 0.2) is 5.13 Å². The van der Waals surface area contributed by atoms with Gasteiger partial charge in [-0.05, 0) is 32.6 Å². The minimum atomic E-state index is -0.227. The van der Waals surface area contributed by atoms with E-state index in [-0.39, 0.29) is 18.7 Å². The molecule has 0 saturated carbocycles. The van der Waals surface area contributed by atoms with Crippen LogP contribution < -0.4 is 10.6 Å². The summed E-state index contributed by atoms with van der Waals surface area (Å²) in [5.74, 6) is 0. The number of thiazole rings is 1. The van der Waals surface area contributed by atoms with Crippen LogP contribution in [0.1, 0.15) is 50.6 Å². The van der Waals surface area contributed by atoms with Gasteiger partial charge in [0.2, 0.25) is 0 Å². The number of hydrogen-bond donors (Lipinski definition) is 3. The fourth-order valence-corrected chi connectivity index (χ4v) is 2.91. The average Bonchev–Trinajstić information content (AvgIpc) is 2.78. The third-order valence-electron chi connectivity index (χ3n) is 2.98. The molecule has 1 heterocycles. The minimum absolute atomic E-state index is 0.0443. The second-order valence-electron chi connectivity index (χ2n) is 4.86. The van der Waals surface area contributed by atoms with Crippen LogP contribution in [-0.2, 0) is 12.8 Å². The first-order valence-corrected chi connectivity index (χ1v) is 8.09. The van der Waals surface area contributed by atoms with Crippen LogP contribution in [0.5, 0.6) is 0 Å². The highest BCUT2D eigenvalue weighted by Crippen LogP contribution is 2.24. The number of hydrogen-bond acceptors (Lipinski definition) is 4. The summed E-state index contributed by atoms with van der Waals surface area (Å²) in [5, 5.41) is 15.1. The number of aromatic nitrogens is 1. The lowest BCUT2D eigenvalue weighted by Gasteiger charge is -2.12. The first-order chi connectivity index (χ1) is 9.60. The fraction of sp³-hybridized carbons (Fsp3) is 0.714. The molecule has 1 aromatic rings. The zero-order valence-electron chi connectivity index (χ0n) is 12.5. The highest BCUT2D eigenvalue weighted by molar-refractivity contribution is 7.15. The van der Waals surface area contributed by atoms with E-state index in [2.05, 4.69) is 29.5 Å². The molecule has 5 nitrogen and oxygen atoms in total. The molecule has 0 radical (unpaired) electrons. The highest BCUT2D eigenvalue weighted by atomic mass is 32.1. The molecule has 20 heavy (non-hydrogen) atoms. The zero-order valence-corrected chi connectivity index (χ0v) is 13.3. The van der Waals surface area contributed by atoms with E-state index in [4.69, 9.17) is 5.11 Å². The molecule has 6 heteroatoms. The molecule has 0 fully saturated rings. The zero-order chi connectivity index (χ0) is 15.0. The smallest absolute Gasteiger partial charge is 0.321 e. The quantitative estimate of drug-likeness (QED) is 0.691. The van der Waals surface area contributed by atoms with E-state index in [1.54, 1.807) is 11.3 Å². The number of nitrogens with one attached hydrogen (secondary N) is 2. The number of carbonyl (C=O) groups is 1. The molecule has 1 aromatic heterocycles. The Morgan fingerprint density at radius 1 is 1.45 bits per heavy atom. The van der Waals surface area contributed by atoms with Crippen molar-refractivity contribution in [3.05, 3.63) is 10.6 Å². The SMILES string of the molecule is CCCc1nc(NC(=O)NC(C)CCCO)sc1CC. The van der Waals surface area contributed by atoms with E-state index in [0.717, 1.165) is 31.4 Å². The number of carbonyl (C=O) groups excluding carboxylic acids is 1. The molecule has 1 atom stereocenters. The summed E-state index contributed by atoms with van der Waals surface area (Å²) in [4.78, 5) is 17.6. The standard InChI is InChI=1S/C14H25N3O2S/c1-4-7-11-12(5-2)20-14(16-11)17-13(19)15-10(3)8-6-9-18/h10,18H,4-9H2,1-3H3,(H2,15,16,17,19). The summed E-state index contributed by atoms with van der Waals surface area (Å²) in [6.45, 7) is 6.31. The number of aryl methyl sites for hydroxylation is 2. The van der Waals surface area contributed by atoms with Gasteiger partial charge >= 0.3 is 6.03 Å². The lowest BCUT2D eigenvalue weighted by Crippen LogP contribution is -2.36. The lowest BCUT2D eigenvalue weighted by atomic mass is 10.2. The van der Waals surface area contributed by atoms with Crippen LogP contribution in [0.3, 0.4) is 0 Å². The number of amides is 2. The minimum Gasteiger partial charge on any atom is -0.396 e. The predicted molar refractivity (Wildman–Crippen MR) is 83.4 cm³/mol. The van der Waals surface area contributed by atoms with Gasteiger partial charge in [0, 0.05) is 17.5 Å². The van der Waals surface area contributed by atoms with Gasteiger partial charge in [-0.15, -0.1) is 11.3 Å². The van der Waals surface area contributed by atoms with Crippen LogP contribution in [-0.4, -0.2) is 28.8 Å². The van der Waals surface area contributed by atoms with Gasteiger partial charge < -0.3 is 10.4 Å². The van der Waals surface area contributed by atoms with Gasteiger partial charge in [-0.3, -0.25) is 5.32 Å². The van der Waals surface area contributed by atoms with Gasteiger partial charge in [0.1, 0.15) is 0 Å². The molecule has 0 aromatic carbocycles. The Hall–Kier alpha value is -1.14. The number of rotatable bonds is 8. The summed E-state index contributed by atoms with van der Waals surface area (Å²) in [5.41, 5.74) is 1.10. The average molecular weight is 299 g/mol. The van der Waals surface area contributed by atoms with Crippen molar-refractivity contribution in [2.75, 3.05) is 11.9 Å². The van der Waals surface area contributed by atoms with Gasteiger partial charge in [-0.1, -0.05) is 20.3 Å². The van der Waals surface area contributed by atoms with E-state index in [1.165, 1.54) is 4.88 Å².